The van der Waals surface area contributed by atoms with Gasteiger partial charge in [0.05, 0.1) is 19.8 Å². The molecule has 2 aromatic carbocycles. The first kappa shape index (κ1) is 16.3. The van der Waals surface area contributed by atoms with Crippen LogP contribution in [0.3, 0.4) is 0 Å². The molecule has 1 N–H and O–H groups in total. The van der Waals surface area contributed by atoms with Crippen molar-refractivity contribution in [1.29, 1.82) is 0 Å². The van der Waals surface area contributed by atoms with Crippen LogP contribution >= 0.6 is 0 Å². The Kier molecular flexibility index (Phi) is 5.52. The van der Waals surface area contributed by atoms with Gasteiger partial charge in [0.1, 0.15) is 5.75 Å². The monoisotopic (exact) mass is 311 g/mol. The first-order valence-electron chi connectivity index (χ1n) is 6.94. The molecule has 0 bridgehead atoms. The Balaban J connectivity index is 1.99. The lowest BCUT2D eigenvalue weighted by Crippen LogP contribution is -2.07. The lowest BCUT2D eigenvalue weighted by molar-refractivity contribution is -0.111. The van der Waals surface area contributed by atoms with Crippen LogP contribution in [0.5, 0.6) is 5.75 Å². The van der Waals surface area contributed by atoms with Crippen molar-refractivity contribution in [2.45, 2.75) is 0 Å². The van der Waals surface area contributed by atoms with E-state index in [9.17, 15) is 9.59 Å². The summed E-state index contributed by atoms with van der Waals surface area (Å²) >= 11 is 0. The van der Waals surface area contributed by atoms with Crippen molar-refractivity contribution in [3.8, 4) is 5.75 Å². The maximum Gasteiger partial charge on any atom is 0.337 e. The molecule has 0 aromatic heterocycles. The van der Waals surface area contributed by atoms with Crippen molar-refractivity contribution in [3.05, 3.63) is 65.7 Å². The number of carbonyl (C=O) groups is 2. The van der Waals surface area contributed by atoms with Gasteiger partial charge in [-0.25, -0.2) is 4.79 Å². The van der Waals surface area contributed by atoms with E-state index in [2.05, 4.69) is 10.1 Å². The minimum Gasteiger partial charge on any atom is -0.497 e. The van der Waals surface area contributed by atoms with Gasteiger partial charge in [0.25, 0.3) is 0 Å². The molecule has 118 valence electrons. The van der Waals surface area contributed by atoms with E-state index >= 15 is 0 Å². The molecule has 2 rings (SSSR count). The fourth-order valence-corrected chi connectivity index (χ4v) is 1.90. The number of esters is 1. The van der Waals surface area contributed by atoms with E-state index in [1.54, 1.807) is 61.7 Å². The second-order valence-corrected chi connectivity index (χ2v) is 4.67. The molecule has 0 aliphatic carbocycles. The number of nitrogens with one attached hydrogen (secondary N) is 1. The third-order valence-electron chi connectivity index (χ3n) is 3.10. The van der Waals surface area contributed by atoms with E-state index in [1.807, 2.05) is 0 Å². The molecule has 0 radical (unpaired) electrons. The maximum absolute atomic E-state index is 11.9. The average Bonchev–Trinajstić information content (AvgIpc) is 2.60. The van der Waals surface area contributed by atoms with Gasteiger partial charge in [0.15, 0.2) is 0 Å². The van der Waals surface area contributed by atoms with Crippen molar-refractivity contribution in [2.75, 3.05) is 19.5 Å². The molecule has 0 heterocycles. The van der Waals surface area contributed by atoms with Gasteiger partial charge in [-0.1, -0.05) is 18.2 Å². The van der Waals surface area contributed by atoms with Crippen LogP contribution in [-0.2, 0) is 9.53 Å². The lowest BCUT2D eigenvalue weighted by Gasteiger charge is -2.04. The number of carbonyl (C=O) groups excluding carboxylic acids is 2. The molecule has 5 heteroatoms. The standard InChI is InChI=1S/C18H17NO4/c1-22-16-5-3-4-15(12-16)19-17(20)11-8-13-6-9-14(10-7-13)18(21)23-2/h3-12H,1-2H3,(H,19,20)/b11-8+. The number of ether oxygens (including phenoxy) is 2. The van der Waals surface area contributed by atoms with Crippen molar-refractivity contribution in [2.24, 2.45) is 0 Å². The molecule has 1 amide bonds. The molecule has 23 heavy (non-hydrogen) atoms. The molecule has 0 unspecified atom stereocenters. The summed E-state index contributed by atoms with van der Waals surface area (Å²) in [5.74, 6) is 0.0248. The van der Waals surface area contributed by atoms with E-state index in [1.165, 1.54) is 13.2 Å². The van der Waals surface area contributed by atoms with Crippen LogP contribution in [0.4, 0.5) is 5.69 Å². The van der Waals surface area contributed by atoms with E-state index in [-0.39, 0.29) is 5.91 Å². The zero-order valence-electron chi connectivity index (χ0n) is 12.9. The zero-order valence-corrected chi connectivity index (χ0v) is 12.9. The molecule has 0 aliphatic heterocycles. The number of rotatable bonds is 5. The average molecular weight is 311 g/mol. The molecular formula is C18H17NO4. The number of anilines is 1. The summed E-state index contributed by atoms with van der Waals surface area (Å²) in [6, 6.07) is 13.9. The van der Waals surface area contributed by atoms with Crippen LogP contribution in [0.15, 0.2) is 54.6 Å². The third kappa shape index (κ3) is 4.71. The highest BCUT2D eigenvalue weighted by Crippen LogP contribution is 2.16. The molecule has 0 saturated heterocycles. The largest absolute Gasteiger partial charge is 0.497 e. The number of hydrogen-bond acceptors (Lipinski definition) is 4. The van der Waals surface area contributed by atoms with Gasteiger partial charge in [-0.3, -0.25) is 4.79 Å². The van der Waals surface area contributed by atoms with Gasteiger partial charge >= 0.3 is 5.97 Å². The van der Waals surface area contributed by atoms with E-state index in [4.69, 9.17) is 4.74 Å². The highest BCUT2D eigenvalue weighted by atomic mass is 16.5. The van der Waals surface area contributed by atoms with Gasteiger partial charge in [0, 0.05) is 17.8 Å². The van der Waals surface area contributed by atoms with E-state index in [0.29, 0.717) is 17.0 Å². The summed E-state index contributed by atoms with van der Waals surface area (Å²) in [7, 11) is 2.90. The summed E-state index contributed by atoms with van der Waals surface area (Å²) in [6.45, 7) is 0. The second-order valence-electron chi connectivity index (χ2n) is 4.67. The molecule has 0 saturated carbocycles. The van der Waals surface area contributed by atoms with Gasteiger partial charge in [-0.15, -0.1) is 0 Å². The van der Waals surface area contributed by atoms with Crippen LogP contribution in [0, 0.1) is 0 Å². The van der Waals surface area contributed by atoms with Crippen LogP contribution in [0.2, 0.25) is 0 Å². The van der Waals surface area contributed by atoms with Crippen LogP contribution in [0.1, 0.15) is 15.9 Å². The lowest BCUT2D eigenvalue weighted by atomic mass is 10.1. The topological polar surface area (TPSA) is 64.6 Å². The van der Waals surface area contributed by atoms with Gasteiger partial charge < -0.3 is 14.8 Å². The molecule has 0 fully saturated rings. The predicted molar refractivity (Wildman–Crippen MR) is 88.4 cm³/mol. The quantitative estimate of drug-likeness (QED) is 0.680. The fourth-order valence-electron chi connectivity index (χ4n) is 1.90. The summed E-state index contributed by atoms with van der Waals surface area (Å²) in [6.07, 6.45) is 3.09. The number of hydrogen-bond donors (Lipinski definition) is 1. The first-order chi connectivity index (χ1) is 11.1. The molecule has 0 aliphatic rings. The minimum absolute atomic E-state index is 0.254. The van der Waals surface area contributed by atoms with Gasteiger partial charge in [0.2, 0.25) is 5.91 Å². The molecule has 2 aromatic rings. The summed E-state index contributed by atoms with van der Waals surface area (Å²) in [4.78, 5) is 23.2. The Bertz CT molecular complexity index is 720. The highest BCUT2D eigenvalue weighted by molar-refractivity contribution is 6.02. The van der Waals surface area contributed by atoms with Crippen molar-refractivity contribution in [3.63, 3.8) is 0 Å². The fraction of sp³-hybridized carbons (Fsp3) is 0.111. The van der Waals surface area contributed by atoms with Crippen LogP contribution in [0.25, 0.3) is 6.08 Å². The maximum atomic E-state index is 11.9. The van der Waals surface area contributed by atoms with Crippen molar-refractivity contribution in [1.82, 2.24) is 0 Å². The minimum atomic E-state index is -0.392. The smallest absolute Gasteiger partial charge is 0.337 e. The van der Waals surface area contributed by atoms with Crippen molar-refractivity contribution < 1.29 is 19.1 Å². The molecule has 0 atom stereocenters. The Hall–Kier alpha value is -3.08. The van der Waals surface area contributed by atoms with E-state index < -0.39 is 5.97 Å². The number of amides is 1. The predicted octanol–water partition coefficient (Wildman–Crippen LogP) is 3.13. The van der Waals surface area contributed by atoms with Gasteiger partial charge in [-0.05, 0) is 35.9 Å². The second kappa shape index (κ2) is 7.79. The molecule has 5 nitrogen and oxygen atoms in total. The van der Waals surface area contributed by atoms with Crippen molar-refractivity contribution >= 4 is 23.6 Å². The first-order valence-corrected chi connectivity index (χ1v) is 6.94. The molecule has 0 spiro atoms. The summed E-state index contributed by atoms with van der Waals surface area (Å²) < 4.78 is 9.73. The Labute approximate surface area is 134 Å². The highest BCUT2D eigenvalue weighted by Gasteiger charge is 2.03. The third-order valence-corrected chi connectivity index (χ3v) is 3.10. The number of benzene rings is 2. The Morgan fingerprint density at radius 3 is 2.43 bits per heavy atom. The SMILES string of the molecule is COC(=O)c1ccc(/C=C/C(=O)Nc2cccc(OC)c2)cc1. The van der Waals surface area contributed by atoms with E-state index in [0.717, 1.165) is 5.56 Å². The van der Waals surface area contributed by atoms with Crippen LogP contribution < -0.4 is 10.1 Å². The Morgan fingerprint density at radius 1 is 1.04 bits per heavy atom. The molecular weight excluding hydrogens is 294 g/mol. The van der Waals surface area contributed by atoms with Crippen LogP contribution in [-0.4, -0.2) is 26.1 Å². The van der Waals surface area contributed by atoms with Gasteiger partial charge in [-0.2, -0.15) is 0 Å². The zero-order chi connectivity index (χ0) is 16.7. The summed E-state index contributed by atoms with van der Waals surface area (Å²) in [5.41, 5.74) is 1.92. The summed E-state index contributed by atoms with van der Waals surface area (Å²) in [5, 5.41) is 2.75. The Morgan fingerprint density at radius 2 is 1.78 bits per heavy atom. The number of methoxy groups -OCH3 is 2. The normalized spacial score (nSPS) is 10.3.